The molecule has 0 heterocycles. The van der Waals surface area contributed by atoms with Crippen LogP contribution >= 0.6 is 11.6 Å². The summed E-state index contributed by atoms with van der Waals surface area (Å²) in [7, 11) is 0. The molecule has 96 valence electrons. The normalized spacial score (nSPS) is 10.0. The SMILES string of the molecule is Cc1ccc(C#N)cc1Nc1cc(Cl)c(N)cc1C. The molecule has 3 N–H and O–H groups in total. The summed E-state index contributed by atoms with van der Waals surface area (Å²) in [4.78, 5) is 0. The van der Waals surface area contributed by atoms with Crippen molar-refractivity contribution in [3.05, 3.63) is 52.0 Å². The Morgan fingerprint density at radius 1 is 1.11 bits per heavy atom. The Hall–Kier alpha value is -2.18. The maximum atomic E-state index is 8.94. The Balaban J connectivity index is 2.42. The number of nitriles is 1. The molecule has 19 heavy (non-hydrogen) atoms. The second kappa shape index (κ2) is 5.21. The molecule has 0 aliphatic carbocycles. The number of nitrogens with one attached hydrogen (secondary N) is 1. The molecule has 2 aromatic carbocycles. The Morgan fingerprint density at radius 2 is 1.79 bits per heavy atom. The first-order chi connectivity index (χ1) is 9.01. The van der Waals surface area contributed by atoms with E-state index in [2.05, 4.69) is 11.4 Å². The van der Waals surface area contributed by atoms with Gasteiger partial charge in [0.1, 0.15) is 0 Å². The number of hydrogen-bond acceptors (Lipinski definition) is 3. The largest absolute Gasteiger partial charge is 0.398 e. The van der Waals surface area contributed by atoms with E-state index in [1.54, 1.807) is 12.1 Å². The van der Waals surface area contributed by atoms with E-state index in [0.29, 0.717) is 16.3 Å². The van der Waals surface area contributed by atoms with Crippen LogP contribution in [0.4, 0.5) is 17.1 Å². The van der Waals surface area contributed by atoms with Gasteiger partial charge in [-0.05, 0) is 49.2 Å². The summed E-state index contributed by atoms with van der Waals surface area (Å²) < 4.78 is 0. The summed E-state index contributed by atoms with van der Waals surface area (Å²) >= 11 is 6.03. The molecular formula is C15H14ClN3. The number of rotatable bonds is 2. The highest BCUT2D eigenvalue weighted by atomic mass is 35.5. The van der Waals surface area contributed by atoms with E-state index in [9.17, 15) is 0 Å². The molecule has 2 aromatic rings. The number of anilines is 3. The van der Waals surface area contributed by atoms with Crippen LogP contribution in [0.25, 0.3) is 0 Å². The molecule has 0 fully saturated rings. The van der Waals surface area contributed by atoms with E-state index in [0.717, 1.165) is 22.5 Å². The molecule has 0 spiro atoms. The van der Waals surface area contributed by atoms with Crippen LogP contribution in [0.2, 0.25) is 5.02 Å². The predicted octanol–water partition coefficient (Wildman–Crippen LogP) is 4.15. The van der Waals surface area contributed by atoms with Crippen LogP contribution in [0.5, 0.6) is 0 Å². The molecule has 0 saturated heterocycles. The van der Waals surface area contributed by atoms with E-state index in [4.69, 9.17) is 22.6 Å². The molecule has 0 bridgehead atoms. The zero-order valence-corrected chi connectivity index (χ0v) is 11.5. The molecule has 0 aromatic heterocycles. The average Bonchev–Trinajstić information content (AvgIpc) is 2.38. The smallest absolute Gasteiger partial charge is 0.0992 e. The fourth-order valence-corrected chi connectivity index (χ4v) is 1.97. The van der Waals surface area contributed by atoms with Gasteiger partial charge in [-0.25, -0.2) is 0 Å². The van der Waals surface area contributed by atoms with Gasteiger partial charge in [0.15, 0.2) is 0 Å². The van der Waals surface area contributed by atoms with Gasteiger partial charge in [0.25, 0.3) is 0 Å². The van der Waals surface area contributed by atoms with Gasteiger partial charge < -0.3 is 11.1 Å². The topological polar surface area (TPSA) is 61.8 Å². The molecule has 2 rings (SSSR count). The van der Waals surface area contributed by atoms with Crippen LogP contribution in [-0.2, 0) is 0 Å². The molecular weight excluding hydrogens is 258 g/mol. The van der Waals surface area contributed by atoms with Crippen molar-refractivity contribution < 1.29 is 0 Å². The highest BCUT2D eigenvalue weighted by Crippen LogP contribution is 2.30. The van der Waals surface area contributed by atoms with Crippen LogP contribution in [0.15, 0.2) is 30.3 Å². The van der Waals surface area contributed by atoms with E-state index >= 15 is 0 Å². The van der Waals surface area contributed by atoms with Crippen LogP contribution in [0.1, 0.15) is 16.7 Å². The van der Waals surface area contributed by atoms with Crippen molar-refractivity contribution in [2.75, 3.05) is 11.1 Å². The van der Waals surface area contributed by atoms with Gasteiger partial charge >= 0.3 is 0 Å². The molecule has 0 saturated carbocycles. The zero-order chi connectivity index (χ0) is 14.0. The Morgan fingerprint density at radius 3 is 2.47 bits per heavy atom. The van der Waals surface area contributed by atoms with Crippen molar-refractivity contribution in [3.63, 3.8) is 0 Å². The fourth-order valence-electron chi connectivity index (χ4n) is 1.81. The van der Waals surface area contributed by atoms with Crippen molar-refractivity contribution in [3.8, 4) is 6.07 Å². The third-order valence-corrected chi connectivity index (χ3v) is 3.31. The average molecular weight is 272 g/mol. The number of halogens is 1. The van der Waals surface area contributed by atoms with E-state index in [-0.39, 0.29) is 0 Å². The number of nitrogens with two attached hydrogens (primary N) is 1. The molecule has 0 atom stereocenters. The summed E-state index contributed by atoms with van der Waals surface area (Å²) in [5.74, 6) is 0. The van der Waals surface area contributed by atoms with Crippen LogP contribution in [-0.4, -0.2) is 0 Å². The quantitative estimate of drug-likeness (QED) is 0.807. The summed E-state index contributed by atoms with van der Waals surface area (Å²) in [6, 6.07) is 11.3. The molecule has 0 aliphatic rings. The van der Waals surface area contributed by atoms with Crippen molar-refractivity contribution >= 4 is 28.7 Å². The first-order valence-corrected chi connectivity index (χ1v) is 6.22. The highest BCUT2D eigenvalue weighted by molar-refractivity contribution is 6.33. The minimum atomic E-state index is 0.516. The maximum absolute atomic E-state index is 8.94. The third kappa shape index (κ3) is 2.81. The second-order valence-corrected chi connectivity index (χ2v) is 4.86. The predicted molar refractivity (Wildman–Crippen MR) is 79.8 cm³/mol. The number of hydrogen-bond donors (Lipinski definition) is 2. The standard InChI is InChI=1S/C15H14ClN3/c1-9-3-4-11(8-17)6-14(9)19-15-7-12(16)13(18)5-10(15)2/h3-7,19H,18H2,1-2H3. The van der Waals surface area contributed by atoms with Gasteiger partial charge in [-0.1, -0.05) is 17.7 Å². The lowest BCUT2D eigenvalue weighted by molar-refractivity contribution is 1.38. The van der Waals surface area contributed by atoms with Gasteiger partial charge in [0.2, 0.25) is 0 Å². The van der Waals surface area contributed by atoms with Gasteiger partial charge in [-0.15, -0.1) is 0 Å². The monoisotopic (exact) mass is 271 g/mol. The number of nitrogen functional groups attached to an aromatic ring is 1. The fraction of sp³-hybridized carbons (Fsp3) is 0.133. The van der Waals surface area contributed by atoms with Crippen LogP contribution in [0.3, 0.4) is 0 Å². The van der Waals surface area contributed by atoms with Crippen molar-refractivity contribution in [1.29, 1.82) is 5.26 Å². The first kappa shape index (κ1) is 13.3. The summed E-state index contributed by atoms with van der Waals surface area (Å²) in [6.45, 7) is 3.94. The molecule has 0 amide bonds. The van der Waals surface area contributed by atoms with Crippen molar-refractivity contribution in [2.24, 2.45) is 0 Å². The molecule has 0 unspecified atom stereocenters. The zero-order valence-electron chi connectivity index (χ0n) is 10.8. The lowest BCUT2D eigenvalue weighted by Gasteiger charge is -2.13. The van der Waals surface area contributed by atoms with Gasteiger partial charge in [0, 0.05) is 11.4 Å². The van der Waals surface area contributed by atoms with Crippen LogP contribution in [0, 0.1) is 25.2 Å². The summed E-state index contributed by atoms with van der Waals surface area (Å²) in [5.41, 5.74) is 10.8. The van der Waals surface area contributed by atoms with Crippen molar-refractivity contribution in [2.45, 2.75) is 13.8 Å². The number of benzene rings is 2. The Bertz CT molecular complexity index is 672. The van der Waals surface area contributed by atoms with Gasteiger partial charge in [-0.2, -0.15) is 5.26 Å². The van der Waals surface area contributed by atoms with E-state index < -0.39 is 0 Å². The van der Waals surface area contributed by atoms with Gasteiger partial charge in [0.05, 0.1) is 22.3 Å². The maximum Gasteiger partial charge on any atom is 0.0992 e. The third-order valence-electron chi connectivity index (χ3n) is 2.98. The van der Waals surface area contributed by atoms with Crippen LogP contribution < -0.4 is 11.1 Å². The van der Waals surface area contributed by atoms with Gasteiger partial charge in [-0.3, -0.25) is 0 Å². The van der Waals surface area contributed by atoms with E-state index in [1.165, 1.54) is 0 Å². The lowest BCUT2D eigenvalue weighted by atomic mass is 10.1. The Kier molecular flexibility index (Phi) is 3.64. The van der Waals surface area contributed by atoms with E-state index in [1.807, 2.05) is 32.0 Å². The van der Waals surface area contributed by atoms with Crippen molar-refractivity contribution in [1.82, 2.24) is 0 Å². The minimum Gasteiger partial charge on any atom is -0.398 e. The first-order valence-electron chi connectivity index (χ1n) is 5.84. The summed E-state index contributed by atoms with van der Waals surface area (Å²) in [5, 5.41) is 12.7. The second-order valence-electron chi connectivity index (χ2n) is 4.46. The lowest BCUT2D eigenvalue weighted by Crippen LogP contribution is -1.98. The molecule has 3 nitrogen and oxygen atoms in total. The molecule has 0 radical (unpaired) electrons. The highest BCUT2D eigenvalue weighted by Gasteiger charge is 2.06. The number of aryl methyl sites for hydroxylation is 2. The number of nitrogens with zero attached hydrogens (tertiary/aromatic N) is 1. The molecule has 4 heteroatoms. The molecule has 0 aliphatic heterocycles. The summed E-state index contributed by atoms with van der Waals surface area (Å²) in [6.07, 6.45) is 0. The Labute approximate surface area is 117 Å². The minimum absolute atomic E-state index is 0.516.